The van der Waals surface area contributed by atoms with Crippen LogP contribution in [0.3, 0.4) is 0 Å². The Morgan fingerprint density at radius 3 is 2.40 bits per heavy atom. The molecule has 30 valence electrons. The highest BCUT2D eigenvalue weighted by molar-refractivity contribution is 6.33. The molecule has 0 aromatic carbocycles. The molecule has 0 saturated heterocycles. The van der Waals surface area contributed by atoms with E-state index >= 15 is 0 Å². The van der Waals surface area contributed by atoms with E-state index in [-0.39, 0.29) is 0 Å². The molecule has 1 nitrogen and oxygen atoms in total. The zero-order valence-corrected chi connectivity index (χ0v) is 3.70. The van der Waals surface area contributed by atoms with Gasteiger partial charge in [0.2, 0.25) is 0 Å². The normalized spacial score (nSPS) is 7.60. The van der Waals surface area contributed by atoms with Crippen LogP contribution < -0.4 is 5.73 Å². The van der Waals surface area contributed by atoms with E-state index in [9.17, 15) is 0 Å². The van der Waals surface area contributed by atoms with Crippen LogP contribution in [0.4, 0.5) is 0 Å². The minimum absolute atomic E-state index is 0.844. The lowest BCUT2D eigenvalue weighted by Gasteiger charge is -1.77. The molecule has 0 heterocycles. The molecule has 0 atom stereocenters. The van der Waals surface area contributed by atoms with Gasteiger partial charge >= 0.3 is 0 Å². The van der Waals surface area contributed by atoms with Crippen molar-refractivity contribution in [3.05, 3.63) is 0 Å². The molecular weight excluding hydrogens is 60.9 g/mol. The summed E-state index contributed by atoms with van der Waals surface area (Å²) in [6.45, 7) is 2.98. The molecule has 5 heavy (non-hydrogen) atoms. The van der Waals surface area contributed by atoms with E-state index < -0.39 is 0 Å². The van der Waals surface area contributed by atoms with E-state index in [4.69, 9.17) is 5.73 Å². The predicted octanol–water partition coefficient (Wildman–Crippen LogP) is -0.152. The fourth-order valence-corrected chi connectivity index (χ4v) is 0.204. The molecule has 0 bridgehead atoms. The van der Waals surface area contributed by atoms with Crippen molar-refractivity contribution in [2.45, 2.75) is 13.1 Å². The second-order valence-corrected chi connectivity index (χ2v) is 1.14. The van der Waals surface area contributed by atoms with Gasteiger partial charge in [-0.2, -0.15) is 0 Å². The van der Waals surface area contributed by atoms with Crippen molar-refractivity contribution >= 4 is 7.28 Å². The van der Waals surface area contributed by atoms with Crippen LogP contribution in [-0.4, -0.2) is 13.8 Å². The molecule has 0 rings (SSSR count). The van der Waals surface area contributed by atoms with Gasteiger partial charge in [-0.25, -0.2) is 0 Å². The van der Waals surface area contributed by atoms with Gasteiger partial charge in [-0.05, 0) is 6.54 Å². The topological polar surface area (TPSA) is 26.0 Å². The lowest BCUT2D eigenvalue weighted by Crippen LogP contribution is -1.99. The van der Waals surface area contributed by atoms with Crippen LogP contribution >= 0.6 is 0 Å². The van der Waals surface area contributed by atoms with Crippen LogP contribution in [0.5, 0.6) is 0 Å². The molecule has 0 spiro atoms. The summed E-state index contributed by atoms with van der Waals surface area (Å²) in [6.07, 6.45) is 1.17. The standard InChI is InChI=1S/C3H10BN/c1-4-2-3-5/h4H,2-3,5H2,1H3. The Labute approximate surface area is 33.8 Å². The average Bonchev–Trinajstić information content (AvgIpc) is 1.41. The highest BCUT2D eigenvalue weighted by Crippen LogP contribution is 1.65. The summed E-state index contributed by atoms with van der Waals surface area (Å²) < 4.78 is 0. The molecule has 0 radical (unpaired) electrons. The number of hydrogen-bond donors (Lipinski definition) is 1. The number of hydrogen-bond acceptors (Lipinski definition) is 1. The molecule has 0 unspecified atom stereocenters. The van der Waals surface area contributed by atoms with Crippen molar-refractivity contribution in [2.75, 3.05) is 6.54 Å². The molecule has 0 saturated carbocycles. The summed E-state index contributed by atoms with van der Waals surface area (Å²) in [5.74, 6) is 0. The van der Waals surface area contributed by atoms with Crippen LogP contribution in [-0.2, 0) is 0 Å². The van der Waals surface area contributed by atoms with E-state index in [0.717, 1.165) is 6.54 Å². The maximum Gasteiger partial charge on any atom is 0.118 e. The third-order valence-corrected chi connectivity index (χ3v) is 0.558. The van der Waals surface area contributed by atoms with Crippen LogP contribution in [0, 0.1) is 0 Å². The Morgan fingerprint density at radius 1 is 1.80 bits per heavy atom. The average molecular weight is 70.9 g/mol. The van der Waals surface area contributed by atoms with E-state index in [0.29, 0.717) is 0 Å². The summed E-state index contributed by atoms with van der Waals surface area (Å²) in [7, 11) is 1.22. The van der Waals surface area contributed by atoms with Gasteiger partial charge in [0.05, 0.1) is 0 Å². The largest absolute Gasteiger partial charge is 0.331 e. The van der Waals surface area contributed by atoms with Gasteiger partial charge in [0.15, 0.2) is 0 Å². The zero-order valence-electron chi connectivity index (χ0n) is 3.70. The second kappa shape index (κ2) is 4.02. The Bertz CT molecular complexity index is 14.4. The fourth-order valence-electron chi connectivity index (χ4n) is 0.204. The Morgan fingerprint density at radius 2 is 2.40 bits per heavy atom. The molecule has 0 amide bonds. The molecule has 0 aliphatic heterocycles. The summed E-state index contributed by atoms with van der Waals surface area (Å²) in [6, 6.07) is 0. The Kier molecular flexibility index (Phi) is 4.05. The highest BCUT2D eigenvalue weighted by atomic mass is 14.5. The second-order valence-electron chi connectivity index (χ2n) is 1.14. The van der Waals surface area contributed by atoms with Crippen molar-refractivity contribution in [3.8, 4) is 0 Å². The number of rotatable bonds is 2. The van der Waals surface area contributed by atoms with Gasteiger partial charge in [-0.1, -0.05) is 13.1 Å². The maximum atomic E-state index is 5.14. The fraction of sp³-hybridized carbons (Fsp3) is 1.00. The highest BCUT2D eigenvalue weighted by Gasteiger charge is 1.71. The molecule has 2 heteroatoms. The van der Waals surface area contributed by atoms with Gasteiger partial charge in [0.25, 0.3) is 0 Å². The lowest BCUT2D eigenvalue weighted by atomic mass is 9.78. The first-order chi connectivity index (χ1) is 2.41. The van der Waals surface area contributed by atoms with Crippen molar-refractivity contribution < 1.29 is 0 Å². The van der Waals surface area contributed by atoms with E-state index in [1.165, 1.54) is 13.6 Å². The van der Waals surface area contributed by atoms with Crippen molar-refractivity contribution in [1.29, 1.82) is 0 Å². The first-order valence-electron chi connectivity index (χ1n) is 2.12. The van der Waals surface area contributed by atoms with Crippen LogP contribution in [0.2, 0.25) is 13.1 Å². The summed E-state index contributed by atoms with van der Waals surface area (Å²) >= 11 is 0. The summed E-state index contributed by atoms with van der Waals surface area (Å²) in [5, 5.41) is 0. The summed E-state index contributed by atoms with van der Waals surface area (Å²) in [5.41, 5.74) is 5.14. The van der Waals surface area contributed by atoms with E-state index in [1.807, 2.05) is 0 Å². The van der Waals surface area contributed by atoms with Crippen molar-refractivity contribution in [2.24, 2.45) is 5.73 Å². The third kappa shape index (κ3) is 4.02. The third-order valence-electron chi connectivity index (χ3n) is 0.558. The van der Waals surface area contributed by atoms with E-state index in [2.05, 4.69) is 6.82 Å². The smallest absolute Gasteiger partial charge is 0.118 e. The number of nitrogens with two attached hydrogens (primary N) is 1. The summed E-state index contributed by atoms with van der Waals surface area (Å²) in [4.78, 5) is 0. The molecular formula is C3H10BN. The quantitative estimate of drug-likeness (QED) is 0.450. The SMILES string of the molecule is CBCCN. The van der Waals surface area contributed by atoms with Crippen LogP contribution in [0.15, 0.2) is 0 Å². The van der Waals surface area contributed by atoms with Gasteiger partial charge in [-0.3, -0.25) is 0 Å². The van der Waals surface area contributed by atoms with Gasteiger partial charge < -0.3 is 5.73 Å². The predicted molar refractivity (Wildman–Crippen MR) is 26.9 cm³/mol. The van der Waals surface area contributed by atoms with Crippen molar-refractivity contribution in [1.82, 2.24) is 0 Å². The minimum Gasteiger partial charge on any atom is -0.331 e. The minimum atomic E-state index is 0.844. The monoisotopic (exact) mass is 71.1 g/mol. The first kappa shape index (κ1) is 5.02. The van der Waals surface area contributed by atoms with Gasteiger partial charge in [0, 0.05) is 0 Å². The molecule has 0 aromatic rings. The first-order valence-corrected chi connectivity index (χ1v) is 2.12. The maximum absolute atomic E-state index is 5.14. The molecule has 2 N–H and O–H groups in total. The van der Waals surface area contributed by atoms with E-state index in [1.54, 1.807) is 0 Å². The zero-order chi connectivity index (χ0) is 4.12. The molecule has 0 fully saturated rings. The Balaban J connectivity index is 2.19. The van der Waals surface area contributed by atoms with Crippen LogP contribution in [0.25, 0.3) is 0 Å². The van der Waals surface area contributed by atoms with Crippen molar-refractivity contribution in [3.63, 3.8) is 0 Å². The molecule has 0 aliphatic rings. The van der Waals surface area contributed by atoms with Gasteiger partial charge in [0.1, 0.15) is 7.28 Å². The molecule has 0 aliphatic carbocycles. The van der Waals surface area contributed by atoms with Gasteiger partial charge in [-0.15, -0.1) is 0 Å². The Hall–Kier alpha value is 0.0249. The van der Waals surface area contributed by atoms with Crippen LogP contribution in [0.1, 0.15) is 0 Å². The lowest BCUT2D eigenvalue weighted by molar-refractivity contribution is 1.12. The molecule has 0 aromatic heterocycles.